The van der Waals surface area contributed by atoms with E-state index in [4.69, 9.17) is 5.90 Å². The maximum Gasteiger partial charge on any atom is 0.324 e. The van der Waals surface area contributed by atoms with Crippen molar-refractivity contribution < 1.29 is 19.8 Å². The van der Waals surface area contributed by atoms with Crippen molar-refractivity contribution in [1.29, 1.82) is 0 Å². The lowest BCUT2D eigenvalue weighted by atomic mass is 10.1. The summed E-state index contributed by atoms with van der Waals surface area (Å²) in [6, 6.07) is 0. The summed E-state index contributed by atoms with van der Waals surface area (Å²) in [6.45, 7) is 1.98. The van der Waals surface area contributed by atoms with Gasteiger partial charge in [0.1, 0.15) is 6.10 Å². The van der Waals surface area contributed by atoms with Crippen LogP contribution < -0.4 is 5.90 Å². The van der Waals surface area contributed by atoms with Crippen LogP contribution in [0.5, 0.6) is 0 Å². The van der Waals surface area contributed by atoms with Gasteiger partial charge in [-0.05, 0) is 25.8 Å². The Morgan fingerprint density at radius 1 is 1.35 bits per heavy atom. The smallest absolute Gasteiger partial charge is 0.324 e. The molecule has 0 aromatic heterocycles. The second-order valence-electron chi connectivity index (χ2n) is 4.64. The van der Waals surface area contributed by atoms with Crippen molar-refractivity contribution >= 4 is 28.6 Å². The number of hydrogen-bond acceptors (Lipinski definition) is 5. The Hall–Kier alpha value is -1.32. The standard InChI is InChI=1S/C17H22INO4/c1-14(18)8-6-11-15(20)9-4-2-3-5-10-16(21)12-7-13-17(22)23-19/h2-4,9,14-16,20-21H,7,11-13,19H2,1H3/b3-2+,9-4+/t14?,15-,16+/m0/s1. The van der Waals surface area contributed by atoms with Crippen LogP contribution in [0.2, 0.25) is 0 Å². The lowest BCUT2D eigenvalue weighted by Gasteiger charge is -2.01. The Kier molecular flexibility index (Phi) is 13.5. The number of nitrogens with two attached hydrogens (primary N) is 1. The van der Waals surface area contributed by atoms with Crippen molar-refractivity contribution in [2.45, 2.75) is 48.7 Å². The van der Waals surface area contributed by atoms with Gasteiger partial charge in [0, 0.05) is 12.8 Å². The number of aliphatic hydroxyl groups is 2. The molecule has 0 fully saturated rings. The zero-order valence-electron chi connectivity index (χ0n) is 13.0. The van der Waals surface area contributed by atoms with E-state index in [1.54, 1.807) is 24.3 Å². The normalized spacial score (nSPS) is 14.5. The van der Waals surface area contributed by atoms with Gasteiger partial charge in [-0.15, -0.1) is 0 Å². The molecule has 0 saturated carbocycles. The zero-order chi connectivity index (χ0) is 17.5. The first kappa shape index (κ1) is 21.7. The van der Waals surface area contributed by atoms with Gasteiger partial charge in [0.2, 0.25) is 0 Å². The summed E-state index contributed by atoms with van der Waals surface area (Å²) >= 11 is 2.20. The minimum absolute atomic E-state index is 0.158. The number of aliphatic hydroxyl groups excluding tert-OH is 2. The summed E-state index contributed by atoms with van der Waals surface area (Å²) in [5, 5.41) is 19.2. The molecule has 0 aromatic carbocycles. The molecule has 5 nitrogen and oxygen atoms in total. The topological polar surface area (TPSA) is 92.8 Å². The lowest BCUT2D eigenvalue weighted by Crippen LogP contribution is -2.11. The van der Waals surface area contributed by atoms with Crippen LogP contribution in [0.15, 0.2) is 24.3 Å². The van der Waals surface area contributed by atoms with Crippen LogP contribution in [0.1, 0.15) is 32.6 Å². The van der Waals surface area contributed by atoms with Crippen molar-refractivity contribution in [1.82, 2.24) is 0 Å². The van der Waals surface area contributed by atoms with Crippen molar-refractivity contribution in [3.05, 3.63) is 24.3 Å². The fourth-order valence-electron chi connectivity index (χ4n) is 1.38. The van der Waals surface area contributed by atoms with Crippen LogP contribution >= 0.6 is 22.6 Å². The van der Waals surface area contributed by atoms with Crippen molar-refractivity contribution in [3.63, 3.8) is 0 Å². The van der Waals surface area contributed by atoms with Crippen LogP contribution in [-0.2, 0) is 9.63 Å². The van der Waals surface area contributed by atoms with E-state index in [1.807, 2.05) is 6.92 Å². The highest BCUT2D eigenvalue weighted by Crippen LogP contribution is 2.01. The molecule has 0 aromatic rings. The lowest BCUT2D eigenvalue weighted by molar-refractivity contribution is -0.144. The minimum Gasteiger partial charge on any atom is -0.388 e. The molecule has 0 heterocycles. The van der Waals surface area contributed by atoms with Gasteiger partial charge in [-0.3, -0.25) is 4.79 Å². The molecule has 0 rings (SSSR count). The number of allylic oxidation sites excluding steroid dienone is 3. The maximum atomic E-state index is 10.8. The number of carbonyl (C=O) groups excluding carboxylic acids is 1. The number of carbonyl (C=O) groups is 1. The Morgan fingerprint density at radius 2 is 2.09 bits per heavy atom. The van der Waals surface area contributed by atoms with Crippen LogP contribution in [-0.4, -0.2) is 32.3 Å². The van der Waals surface area contributed by atoms with E-state index in [0.29, 0.717) is 19.3 Å². The molecule has 126 valence electrons. The monoisotopic (exact) mass is 431 g/mol. The average molecular weight is 431 g/mol. The van der Waals surface area contributed by atoms with Gasteiger partial charge < -0.3 is 15.1 Å². The van der Waals surface area contributed by atoms with Crippen LogP contribution in [0.25, 0.3) is 0 Å². The van der Waals surface area contributed by atoms with Crippen LogP contribution in [0.3, 0.4) is 0 Å². The van der Waals surface area contributed by atoms with Gasteiger partial charge in [-0.25, -0.2) is 0 Å². The molecule has 0 saturated heterocycles. The van der Waals surface area contributed by atoms with Gasteiger partial charge >= 0.3 is 5.97 Å². The minimum atomic E-state index is -0.801. The summed E-state index contributed by atoms with van der Waals surface area (Å²) in [6.07, 6.45) is 6.52. The molecule has 0 spiro atoms. The van der Waals surface area contributed by atoms with E-state index in [1.165, 1.54) is 0 Å². The highest BCUT2D eigenvalue weighted by molar-refractivity contribution is 14.1. The first-order chi connectivity index (χ1) is 11.0. The average Bonchev–Trinajstić information content (AvgIpc) is 2.50. The molecule has 4 N–H and O–H groups in total. The van der Waals surface area contributed by atoms with Gasteiger partial charge in [-0.1, -0.05) is 64.5 Å². The Balaban J connectivity index is 3.99. The predicted molar refractivity (Wildman–Crippen MR) is 98.1 cm³/mol. The third-order valence-electron chi connectivity index (χ3n) is 2.48. The quantitative estimate of drug-likeness (QED) is 0.187. The number of hydrogen-bond donors (Lipinski definition) is 3. The van der Waals surface area contributed by atoms with Crippen molar-refractivity contribution in [2.75, 3.05) is 0 Å². The number of alkyl halides is 1. The molecule has 3 atom stereocenters. The predicted octanol–water partition coefficient (Wildman–Crippen LogP) is 1.63. The molecule has 0 aliphatic rings. The molecule has 0 bridgehead atoms. The molecule has 0 amide bonds. The third kappa shape index (κ3) is 15.4. The summed E-state index contributed by atoms with van der Waals surface area (Å²) in [7, 11) is 0. The van der Waals surface area contributed by atoms with Gasteiger partial charge in [0.05, 0.1) is 10.0 Å². The molecular formula is C17H22INO4. The van der Waals surface area contributed by atoms with Gasteiger partial charge in [0.25, 0.3) is 0 Å². The Morgan fingerprint density at radius 3 is 2.74 bits per heavy atom. The Labute approximate surface area is 151 Å². The second kappa shape index (κ2) is 14.3. The largest absolute Gasteiger partial charge is 0.388 e. The fraction of sp³-hybridized carbons (Fsp3) is 0.471. The highest BCUT2D eigenvalue weighted by atomic mass is 127. The van der Waals surface area contributed by atoms with E-state index in [0.717, 1.165) is 0 Å². The van der Waals surface area contributed by atoms with Crippen LogP contribution in [0, 0.1) is 23.7 Å². The van der Waals surface area contributed by atoms with Crippen LogP contribution in [0.4, 0.5) is 0 Å². The third-order valence-corrected chi connectivity index (χ3v) is 2.79. The fourth-order valence-corrected chi connectivity index (χ4v) is 1.60. The molecule has 1 unspecified atom stereocenters. The van der Waals surface area contributed by atoms with Crippen molar-refractivity contribution in [2.24, 2.45) is 5.90 Å². The van der Waals surface area contributed by atoms with Gasteiger partial charge in [-0.2, -0.15) is 5.90 Å². The summed E-state index contributed by atoms with van der Waals surface area (Å²) in [5.74, 6) is 15.4. The van der Waals surface area contributed by atoms with E-state index >= 15 is 0 Å². The molecule has 23 heavy (non-hydrogen) atoms. The maximum absolute atomic E-state index is 10.8. The highest BCUT2D eigenvalue weighted by Gasteiger charge is 2.03. The summed E-state index contributed by atoms with van der Waals surface area (Å²) < 4.78 is 0.270. The molecule has 0 aliphatic heterocycles. The van der Waals surface area contributed by atoms with Gasteiger partial charge in [0.15, 0.2) is 0 Å². The Bertz CT molecular complexity index is 520. The SMILES string of the molecule is CC(I)C#CC[C@@H](O)/C=C/C=C/C#C[C@@H](O)CCCC(=O)ON. The van der Waals surface area contributed by atoms with E-state index in [2.05, 4.69) is 51.1 Å². The first-order valence-electron chi connectivity index (χ1n) is 7.18. The van der Waals surface area contributed by atoms with E-state index < -0.39 is 18.2 Å². The first-order valence-corrected chi connectivity index (χ1v) is 8.42. The number of rotatable bonds is 7. The molecule has 6 heteroatoms. The van der Waals surface area contributed by atoms with Crippen molar-refractivity contribution in [3.8, 4) is 23.7 Å². The zero-order valence-corrected chi connectivity index (χ0v) is 15.2. The summed E-state index contributed by atoms with van der Waals surface area (Å²) in [5.41, 5.74) is 0. The van der Waals surface area contributed by atoms with E-state index in [9.17, 15) is 15.0 Å². The molecular weight excluding hydrogens is 409 g/mol. The second-order valence-corrected chi connectivity index (χ2v) is 6.51. The molecule has 0 aliphatic carbocycles. The number of halogens is 1. The molecule has 0 radical (unpaired) electrons. The summed E-state index contributed by atoms with van der Waals surface area (Å²) in [4.78, 5) is 14.8. The van der Waals surface area contributed by atoms with E-state index in [-0.39, 0.29) is 10.3 Å².